The van der Waals surface area contributed by atoms with Crippen molar-refractivity contribution in [1.29, 1.82) is 0 Å². The number of anilines is 1. The molecule has 1 heterocycles. The van der Waals surface area contributed by atoms with Gasteiger partial charge in [-0.2, -0.15) is 0 Å². The van der Waals surface area contributed by atoms with Crippen LogP contribution in [-0.2, 0) is 9.59 Å². The summed E-state index contributed by atoms with van der Waals surface area (Å²) in [6, 6.07) is 5.26. The summed E-state index contributed by atoms with van der Waals surface area (Å²) < 4.78 is 10.5. The molecule has 7 heteroatoms. The average Bonchev–Trinajstić information content (AvgIpc) is 3.39. The molecule has 3 rings (SSSR count). The van der Waals surface area contributed by atoms with Gasteiger partial charge in [-0.05, 0) is 56.8 Å². The van der Waals surface area contributed by atoms with Crippen molar-refractivity contribution in [3.05, 3.63) is 18.2 Å². The molecule has 0 bridgehead atoms. The Balaban J connectivity index is 1.63. The predicted octanol–water partition coefficient (Wildman–Crippen LogP) is 2.46. The molecule has 1 aromatic carbocycles. The van der Waals surface area contributed by atoms with Crippen molar-refractivity contribution >= 4 is 17.5 Å². The van der Waals surface area contributed by atoms with Gasteiger partial charge in [0.05, 0.1) is 14.2 Å². The minimum atomic E-state index is -0.821. The number of carbonyl (C=O) groups is 2. The molecule has 1 unspecified atom stereocenters. The Morgan fingerprint density at radius 2 is 1.93 bits per heavy atom. The van der Waals surface area contributed by atoms with Crippen molar-refractivity contribution in [1.82, 2.24) is 10.6 Å². The van der Waals surface area contributed by atoms with Crippen LogP contribution in [0.4, 0.5) is 5.69 Å². The fourth-order valence-corrected chi connectivity index (χ4v) is 4.18. The molecule has 1 atom stereocenters. The fourth-order valence-electron chi connectivity index (χ4n) is 4.18. The second-order valence-corrected chi connectivity index (χ2v) is 7.76. The van der Waals surface area contributed by atoms with Gasteiger partial charge in [-0.25, -0.2) is 0 Å². The topological polar surface area (TPSA) is 88.7 Å². The van der Waals surface area contributed by atoms with Gasteiger partial charge in [0.2, 0.25) is 11.8 Å². The molecule has 0 radical (unpaired) electrons. The standard InChI is InChI=1S/C21H31N3O4/c1-27-17-7-6-16(13-18(17)28-2)23-20(26)21(10-3-4-11-21)24-19(25)8-5-15-9-12-22-14-15/h6-7,13,15,22H,3-5,8-12,14H2,1-2H3,(H,23,26)(H,24,25). The highest BCUT2D eigenvalue weighted by atomic mass is 16.5. The van der Waals surface area contributed by atoms with Crippen molar-refractivity contribution < 1.29 is 19.1 Å². The Morgan fingerprint density at radius 3 is 2.57 bits per heavy atom. The summed E-state index contributed by atoms with van der Waals surface area (Å²) in [5.74, 6) is 1.52. The number of benzene rings is 1. The lowest BCUT2D eigenvalue weighted by Gasteiger charge is -2.29. The van der Waals surface area contributed by atoms with E-state index in [1.807, 2.05) is 0 Å². The third-order valence-electron chi connectivity index (χ3n) is 5.85. The second-order valence-electron chi connectivity index (χ2n) is 7.76. The first kappa shape index (κ1) is 20.5. The van der Waals surface area contributed by atoms with E-state index in [1.54, 1.807) is 32.4 Å². The number of ether oxygens (including phenoxy) is 2. The molecule has 7 nitrogen and oxygen atoms in total. The molecule has 1 saturated carbocycles. The van der Waals surface area contributed by atoms with Crippen molar-refractivity contribution in [2.45, 2.75) is 50.5 Å². The second kappa shape index (κ2) is 9.28. The van der Waals surface area contributed by atoms with Crippen molar-refractivity contribution in [2.75, 3.05) is 32.6 Å². The van der Waals surface area contributed by atoms with E-state index in [0.717, 1.165) is 38.8 Å². The predicted molar refractivity (Wildman–Crippen MR) is 108 cm³/mol. The summed E-state index contributed by atoms with van der Waals surface area (Å²) in [4.78, 5) is 25.6. The van der Waals surface area contributed by atoms with E-state index in [2.05, 4.69) is 16.0 Å². The zero-order valence-electron chi connectivity index (χ0n) is 16.8. The molecule has 2 fully saturated rings. The molecule has 1 aromatic rings. The highest BCUT2D eigenvalue weighted by molar-refractivity contribution is 6.01. The van der Waals surface area contributed by atoms with E-state index in [-0.39, 0.29) is 11.8 Å². The maximum atomic E-state index is 13.1. The SMILES string of the molecule is COc1ccc(NC(=O)C2(NC(=O)CCC3CCNC3)CCCC2)cc1OC. The molecule has 1 saturated heterocycles. The molecule has 2 amide bonds. The van der Waals surface area contributed by atoms with E-state index >= 15 is 0 Å². The summed E-state index contributed by atoms with van der Waals surface area (Å²) in [7, 11) is 3.13. The van der Waals surface area contributed by atoms with E-state index in [0.29, 0.717) is 42.4 Å². The quantitative estimate of drug-likeness (QED) is 0.636. The summed E-state index contributed by atoms with van der Waals surface area (Å²) in [6.45, 7) is 2.02. The number of carbonyl (C=O) groups excluding carboxylic acids is 2. The Hall–Kier alpha value is -2.28. The van der Waals surface area contributed by atoms with E-state index in [1.165, 1.54) is 0 Å². The molecule has 154 valence electrons. The van der Waals surface area contributed by atoms with Crippen LogP contribution in [0.1, 0.15) is 44.9 Å². The molecule has 2 aliphatic rings. The van der Waals surface area contributed by atoms with Gasteiger partial charge in [0, 0.05) is 18.2 Å². The minimum absolute atomic E-state index is 0.0312. The van der Waals surface area contributed by atoms with Crippen LogP contribution in [0.15, 0.2) is 18.2 Å². The van der Waals surface area contributed by atoms with Crippen LogP contribution in [0.3, 0.4) is 0 Å². The third kappa shape index (κ3) is 4.76. The minimum Gasteiger partial charge on any atom is -0.493 e. The van der Waals surface area contributed by atoms with Crippen molar-refractivity contribution in [3.8, 4) is 11.5 Å². The third-order valence-corrected chi connectivity index (χ3v) is 5.85. The zero-order valence-corrected chi connectivity index (χ0v) is 16.8. The Morgan fingerprint density at radius 1 is 1.18 bits per heavy atom. The van der Waals surface area contributed by atoms with Gasteiger partial charge >= 0.3 is 0 Å². The summed E-state index contributed by atoms with van der Waals surface area (Å²) >= 11 is 0. The molecule has 1 aliphatic carbocycles. The maximum Gasteiger partial charge on any atom is 0.250 e. The molecular formula is C21H31N3O4. The van der Waals surface area contributed by atoms with E-state index < -0.39 is 5.54 Å². The Bertz CT molecular complexity index is 695. The van der Waals surface area contributed by atoms with Crippen LogP contribution in [0, 0.1) is 5.92 Å². The highest BCUT2D eigenvalue weighted by Gasteiger charge is 2.42. The molecule has 0 aromatic heterocycles. The lowest BCUT2D eigenvalue weighted by atomic mass is 9.95. The van der Waals surface area contributed by atoms with Crippen LogP contribution >= 0.6 is 0 Å². The first-order valence-corrected chi connectivity index (χ1v) is 10.1. The van der Waals surface area contributed by atoms with Gasteiger partial charge in [0.1, 0.15) is 5.54 Å². The number of methoxy groups -OCH3 is 2. The summed E-state index contributed by atoms with van der Waals surface area (Å²) in [5.41, 5.74) is -0.196. The van der Waals surface area contributed by atoms with Crippen LogP contribution in [0.2, 0.25) is 0 Å². The normalized spacial score (nSPS) is 20.6. The van der Waals surface area contributed by atoms with Gasteiger partial charge in [-0.15, -0.1) is 0 Å². The largest absolute Gasteiger partial charge is 0.493 e. The van der Waals surface area contributed by atoms with Crippen LogP contribution in [0.5, 0.6) is 11.5 Å². The summed E-state index contributed by atoms with van der Waals surface area (Å²) in [6.07, 6.45) is 5.67. The Labute approximate surface area is 166 Å². The van der Waals surface area contributed by atoms with Crippen LogP contribution < -0.4 is 25.4 Å². The lowest BCUT2D eigenvalue weighted by molar-refractivity contribution is -0.130. The number of rotatable bonds is 8. The van der Waals surface area contributed by atoms with Crippen LogP contribution in [0.25, 0.3) is 0 Å². The van der Waals surface area contributed by atoms with E-state index in [9.17, 15) is 9.59 Å². The molecule has 28 heavy (non-hydrogen) atoms. The molecular weight excluding hydrogens is 358 g/mol. The van der Waals surface area contributed by atoms with Gasteiger partial charge in [-0.3, -0.25) is 9.59 Å². The van der Waals surface area contributed by atoms with E-state index in [4.69, 9.17) is 9.47 Å². The van der Waals surface area contributed by atoms with Gasteiger partial charge in [0.25, 0.3) is 0 Å². The van der Waals surface area contributed by atoms with Crippen LogP contribution in [-0.4, -0.2) is 44.7 Å². The van der Waals surface area contributed by atoms with Gasteiger partial charge < -0.3 is 25.4 Å². The first-order valence-electron chi connectivity index (χ1n) is 10.1. The van der Waals surface area contributed by atoms with Crippen molar-refractivity contribution in [2.24, 2.45) is 5.92 Å². The van der Waals surface area contributed by atoms with Gasteiger partial charge in [0.15, 0.2) is 11.5 Å². The number of hydrogen-bond donors (Lipinski definition) is 3. The highest BCUT2D eigenvalue weighted by Crippen LogP contribution is 2.33. The molecule has 3 N–H and O–H groups in total. The maximum absolute atomic E-state index is 13.1. The molecule has 1 aliphatic heterocycles. The zero-order chi connectivity index (χ0) is 20.0. The number of nitrogens with one attached hydrogen (secondary N) is 3. The number of hydrogen-bond acceptors (Lipinski definition) is 5. The first-order chi connectivity index (χ1) is 13.6. The number of amides is 2. The van der Waals surface area contributed by atoms with Crippen molar-refractivity contribution in [3.63, 3.8) is 0 Å². The Kier molecular flexibility index (Phi) is 6.78. The average molecular weight is 389 g/mol. The summed E-state index contributed by atoms with van der Waals surface area (Å²) in [5, 5.41) is 9.34. The fraction of sp³-hybridized carbons (Fsp3) is 0.619. The van der Waals surface area contributed by atoms with Gasteiger partial charge in [-0.1, -0.05) is 12.8 Å². The monoisotopic (exact) mass is 389 g/mol. The molecule has 0 spiro atoms. The smallest absolute Gasteiger partial charge is 0.250 e. The lowest BCUT2D eigenvalue weighted by Crippen LogP contribution is -2.55.